The van der Waals surface area contributed by atoms with Crippen LogP contribution in [-0.4, -0.2) is 32.7 Å². The Balaban J connectivity index is 2.34. The van der Waals surface area contributed by atoms with Gasteiger partial charge in [-0.25, -0.2) is 0 Å². The number of benzene rings is 1. The molecule has 20 heavy (non-hydrogen) atoms. The lowest BCUT2D eigenvalue weighted by molar-refractivity contribution is -0.121. The van der Waals surface area contributed by atoms with Crippen molar-refractivity contribution < 1.29 is 9.53 Å². The lowest BCUT2D eigenvalue weighted by atomic mass is 10.1. The van der Waals surface area contributed by atoms with E-state index >= 15 is 0 Å². The molecular formula is C14H20Cl2N2O2. The van der Waals surface area contributed by atoms with Crippen molar-refractivity contribution in [3.63, 3.8) is 0 Å². The molecule has 0 fully saturated rings. The van der Waals surface area contributed by atoms with E-state index in [1.54, 1.807) is 13.2 Å². The molecule has 1 rings (SSSR count). The average molecular weight is 319 g/mol. The smallest absolute Gasteiger partial charge is 0.221 e. The summed E-state index contributed by atoms with van der Waals surface area (Å²) in [6, 6.07) is 5.57. The van der Waals surface area contributed by atoms with Crippen molar-refractivity contribution >= 4 is 29.1 Å². The summed E-state index contributed by atoms with van der Waals surface area (Å²) in [4.78, 5) is 11.5. The van der Waals surface area contributed by atoms with Gasteiger partial charge in [0.15, 0.2) is 0 Å². The maximum Gasteiger partial charge on any atom is 0.221 e. The SMILES string of the molecule is COCCNC(=O)CCNC(C)c1cccc(Cl)c1Cl. The van der Waals surface area contributed by atoms with Crippen LogP contribution in [0, 0.1) is 0 Å². The van der Waals surface area contributed by atoms with Gasteiger partial charge < -0.3 is 15.4 Å². The van der Waals surface area contributed by atoms with Crippen LogP contribution >= 0.6 is 23.2 Å². The number of nitrogens with one attached hydrogen (secondary N) is 2. The molecule has 6 heteroatoms. The van der Waals surface area contributed by atoms with Crippen molar-refractivity contribution in [2.24, 2.45) is 0 Å². The van der Waals surface area contributed by atoms with E-state index in [-0.39, 0.29) is 11.9 Å². The van der Waals surface area contributed by atoms with Gasteiger partial charge in [0.2, 0.25) is 5.91 Å². The molecule has 1 amide bonds. The molecule has 0 aliphatic heterocycles. The van der Waals surface area contributed by atoms with Gasteiger partial charge in [-0.3, -0.25) is 4.79 Å². The molecule has 0 saturated carbocycles. The van der Waals surface area contributed by atoms with Crippen LogP contribution < -0.4 is 10.6 Å². The number of amides is 1. The fourth-order valence-electron chi connectivity index (χ4n) is 1.75. The minimum Gasteiger partial charge on any atom is -0.383 e. The van der Waals surface area contributed by atoms with Crippen molar-refractivity contribution in [2.75, 3.05) is 26.8 Å². The molecule has 0 saturated heterocycles. The van der Waals surface area contributed by atoms with Crippen molar-refractivity contribution in [3.8, 4) is 0 Å². The summed E-state index contributed by atoms with van der Waals surface area (Å²) < 4.78 is 4.86. The average Bonchev–Trinajstić information content (AvgIpc) is 2.42. The molecule has 112 valence electrons. The number of hydrogen-bond donors (Lipinski definition) is 2. The number of hydrogen-bond acceptors (Lipinski definition) is 3. The molecule has 0 heterocycles. The molecule has 0 spiro atoms. The first-order valence-electron chi connectivity index (χ1n) is 6.49. The normalized spacial score (nSPS) is 12.2. The van der Waals surface area contributed by atoms with Crippen molar-refractivity contribution in [1.82, 2.24) is 10.6 Å². The summed E-state index contributed by atoms with van der Waals surface area (Å²) >= 11 is 12.1. The number of ether oxygens (including phenoxy) is 1. The summed E-state index contributed by atoms with van der Waals surface area (Å²) in [6.45, 7) is 3.61. The predicted octanol–water partition coefficient (Wildman–Crippen LogP) is 2.80. The second-order valence-electron chi connectivity index (χ2n) is 4.41. The van der Waals surface area contributed by atoms with Crippen LogP contribution in [0.15, 0.2) is 18.2 Å². The second kappa shape index (κ2) is 9.19. The number of methoxy groups -OCH3 is 1. The van der Waals surface area contributed by atoms with E-state index in [2.05, 4.69) is 10.6 Å². The van der Waals surface area contributed by atoms with Crippen LogP contribution in [0.5, 0.6) is 0 Å². The monoisotopic (exact) mass is 318 g/mol. The third kappa shape index (κ3) is 5.67. The summed E-state index contributed by atoms with van der Waals surface area (Å²) in [6.07, 6.45) is 0.409. The molecule has 0 radical (unpaired) electrons. The third-order valence-electron chi connectivity index (χ3n) is 2.88. The van der Waals surface area contributed by atoms with E-state index in [1.165, 1.54) is 0 Å². The highest BCUT2D eigenvalue weighted by atomic mass is 35.5. The Morgan fingerprint density at radius 3 is 2.80 bits per heavy atom. The van der Waals surface area contributed by atoms with E-state index in [1.807, 2.05) is 19.1 Å². The van der Waals surface area contributed by atoms with Crippen molar-refractivity contribution in [1.29, 1.82) is 0 Å². The lowest BCUT2D eigenvalue weighted by Crippen LogP contribution is -2.30. The van der Waals surface area contributed by atoms with Crippen LogP contribution in [0.2, 0.25) is 10.0 Å². The zero-order chi connectivity index (χ0) is 15.0. The fraction of sp³-hybridized carbons (Fsp3) is 0.500. The van der Waals surface area contributed by atoms with Crippen LogP contribution in [0.25, 0.3) is 0 Å². The molecule has 0 bridgehead atoms. The Morgan fingerprint density at radius 1 is 1.35 bits per heavy atom. The van der Waals surface area contributed by atoms with E-state index in [4.69, 9.17) is 27.9 Å². The first-order valence-corrected chi connectivity index (χ1v) is 7.24. The van der Waals surface area contributed by atoms with Crippen LogP contribution in [-0.2, 0) is 9.53 Å². The Hall–Kier alpha value is -0.810. The topological polar surface area (TPSA) is 50.4 Å². The van der Waals surface area contributed by atoms with Gasteiger partial charge in [0, 0.05) is 32.7 Å². The standard InChI is InChI=1S/C14H20Cl2N2O2/c1-10(11-4-3-5-12(15)14(11)16)17-7-6-13(19)18-8-9-20-2/h3-5,10,17H,6-9H2,1-2H3,(H,18,19). The van der Waals surface area contributed by atoms with Gasteiger partial charge in [-0.2, -0.15) is 0 Å². The highest BCUT2D eigenvalue weighted by Crippen LogP contribution is 2.29. The molecule has 1 aromatic carbocycles. The van der Waals surface area contributed by atoms with Gasteiger partial charge in [0.05, 0.1) is 16.7 Å². The molecule has 0 aliphatic carbocycles. The summed E-state index contributed by atoms with van der Waals surface area (Å²) in [7, 11) is 1.60. The van der Waals surface area contributed by atoms with Crippen LogP contribution in [0.4, 0.5) is 0 Å². The van der Waals surface area contributed by atoms with Crippen LogP contribution in [0.3, 0.4) is 0 Å². The Bertz CT molecular complexity index is 441. The molecule has 1 atom stereocenters. The van der Waals surface area contributed by atoms with E-state index in [9.17, 15) is 4.79 Å². The van der Waals surface area contributed by atoms with Crippen molar-refractivity contribution in [3.05, 3.63) is 33.8 Å². The van der Waals surface area contributed by atoms with E-state index in [0.29, 0.717) is 36.2 Å². The largest absolute Gasteiger partial charge is 0.383 e. The molecule has 2 N–H and O–H groups in total. The highest BCUT2D eigenvalue weighted by molar-refractivity contribution is 6.42. The van der Waals surface area contributed by atoms with E-state index in [0.717, 1.165) is 5.56 Å². The van der Waals surface area contributed by atoms with E-state index < -0.39 is 0 Å². The van der Waals surface area contributed by atoms with Gasteiger partial charge in [0.1, 0.15) is 0 Å². The minimum absolute atomic E-state index is 0.000981. The number of carbonyl (C=O) groups is 1. The quantitative estimate of drug-likeness (QED) is 0.725. The maximum atomic E-state index is 11.5. The van der Waals surface area contributed by atoms with Gasteiger partial charge in [-0.1, -0.05) is 35.3 Å². The Labute approximate surface area is 129 Å². The molecule has 1 aromatic rings. The van der Waals surface area contributed by atoms with Crippen LogP contribution in [0.1, 0.15) is 24.9 Å². The molecule has 1 unspecified atom stereocenters. The van der Waals surface area contributed by atoms with Gasteiger partial charge >= 0.3 is 0 Å². The Morgan fingerprint density at radius 2 is 2.10 bits per heavy atom. The fourth-order valence-corrected chi connectivity index (χ4v) is 2.22. The second-order valence-corrected chi connectivity index (χ2v) is 5.20. The molecule has 0 aliphatic rings. The maximum absolute atomic E-state index is 11.5. The van der Waals surface area contributed by atoms with Gasteiger partial charge in [0.25, 0.3) is 0 Å². The zero-order valence-corrected chi connectivity index (χ0v) is 13.2. The summed E-state index contributed by atoms with van der Waals surface area (Å²) in [5.74, 6) is -0.000981. The third-order valence-corrected chi connectivity index (χ3v) is 3.71. The first-order chi connectivity index (χ1) is 9.56. The summed E-state index contributed by atoms with van der Waals surface area (Å²) in [5, 5.41) is 7.11. The predicted molar refractivity (Wildman–Crippen MR) is 82.4 cm³/mol. The molecule has 0 aromatic heterocycles. The number of halogens is 2. The van der Waals surface area contributed by atoms with Gasteiger partial charge in [-0.05, 0) is 18.6 Å². The van der Waals surface area contributed by atoms with Crippen molar-refractivity contribution in [2.45, 2.75) is 19.4 Å². The van der Waals surface area contributed by atoms with Gasteiger partial charge in [-0.15, -0.1) is 0 Å². The number of carbonyl (C=O) groups excluding carboxylic acids is 1. The first kappa shape index (κ1) is 17.2. The number of rotatable bonds is 8. The Kier molecular flexibility index (Phi) is 7.92. The highest BCUT2D eigenvalue weighted by Gasteiger charge is 2.11. The minimum atomic E-state index is -0.000981. The molecular weight excluding hydrogens is 299 g/mol. The molecule has 4 nitrogen and oxygen atoms in total. The zero-order valence-electron chi connectivity index (χ0n) is 11.7. The lowest BCUT2D eigenvalue weighted by Gasteiger charge is -2.16. The summed E-state index contributed by atoms with van der Waals surface area (Å²) in [5.41, 5.74) is 0.930.